The van der Waals surface area contributed by atoms with Crippen LogP contribution in [-0.4, -0.2) is 3.90 Å². The van der Waals surface area contributed by atoms with Gasteiger partial charge in [0.25, 0.3) is 0 Å². The Morgan fingerprint density at radius 3 is 2.17 bits per heavy atom. The molecule has 0 nitrogen and oxygen atoms in total. The molecule has 1 heteroatoms. The van der Waals surface area contributed by atoms with Crippen molar-refractivity contribution < 1.29 is 1.37 Å². The standard InChI is InChI=1S/C5H9I/c6-5-3-1-2-4-5/h5H,1-4H2/i5D. The molecule has 0 aromatic heterocycles. The normalized spacial score (nSPS) is 33.2. The molecule has 0 atom stereocenters. The summed E-state index contributed by atoms with van der Waals surface area (Å²) in [4.78, 5) is 0. The van der Waals surface area contributed by atoms with Gasteiger partial charge in [0, 0.05) is 5.27 Å². The van der Waals surface area contributed by atoms with Crippen LogP contribution in [0.15, 0.2) is 0 Å². The zero-order valence-corrected chi connectivity index (χ0v) is 5.86. The number of alkyl halides is 1. The average molecular weight is 197 g/mol. The molecular formula is C5H9I. The SMILES string of the molecule is [2H]C1(I)CCCC1. The fourth-order valence-corrected chi connectivity index (χ4v) is 1.52. The second-order valence-electron chi connectivity index (χ2n) is 1.72. The summed E-state index contributed by atoms with van der Waals surface area (Å²) in [5.74, 6) is 0. The smallest absolute Gasteiger partial charge is 0.0414 e. The lowest BCUT2D eigenvalue weighted by Gasteiger charge is -1.88. The van der Waals surface area contributed by atoms with Gasteiger partial charge in [-0.05, 0) is 12.8 Å². The molecule has 0 amide bonds. The lowest BCUT2D eigenvalue weighted by Crippen LogP contribution is -1.81. The van der Waals surface area contributed by atoms with Crippen molar-refractivity contribution in [2.24, 2.45) is 0 Å². The topological polar surface area (TPSA) is 0 Å². The molecular weight excluding hydrogens is 187 g/mol. The van der Waals surface area contributed by atoms with Crippen LogP contribution in [0.25, 0.3) is 0 Å². The van der Waals surface area contributed by atoms with Gasteiger partial charge in [-0.2, -0.15) is 0 Å². The Morgan fingerprint density at radius 1 is 1.50 bits per heavy atom. The van der Waals surface area contributed by atoms with Gasteiger partial charge < -0.3 is 0 Å². The Balaban J connectivity index is 2.40. The quantitative estimate of drug-likeness (QED) is 0.413. The molecule has 0 aliphatic heterocycles. The van der Waals surface area contributed by atoms with Crippen molar-refractivity contribution in [1.29, 1.82) is 0 Å². The Labute approximate surface area is 53.9 Å². The molecule has 0 bridgehead atoms. The van der Waals surface area contributed by atoms with Crippen molar-refractivity contribution >= 4 is 22.6 Å². The van der Waals surface area contributed by atoms with E-state index in [1.807, 2.05) is 0 Å². The highest BCUT2D eigenvalue weighted by Crippen LogP contribution is 2.24. The maximum absolute atomic E-state index is 7.47. The van der Waals surface area contributed by atoms with Crippen molar-refractivity contribution in [3.8, 4) is 0 Å². The fraction of sp³-hybridized carbons (Fsp3) is 1.00. The molecule has 1 aliphatic carbocycles. The highest BCUT2D eigenvalue weighted by atomic mass is 127. The third-order valence-corrected chi connectivity index (χ3v) is 2.22. The Kier molecular flexibility index (Phi) is 1.32. The summed E-state index contributed by atoms with van der Waals surface area (Å²) < 4.78 is 7.39. The fourth-order valence-electron chi connectivity index (χ4n) is 0.759. The van der Waals surface area contributed by atoms with Crippen molar-refractivity contribution in [3.63, 3.8) is 0 Å². The van der Waals surface area contributed by atoms with Crippen LogP contribution in [0.1, 0.15) is 27.1 Å². The van der Waals surface area contributed by atoms with E-state index in [0.717, 1.165) is 12.8 Å². The first-order valence-electron chi connectivity index (χ1n) is 2.90. The minimum absolute atomic E-state index is 0.0856. The average Bonchev–Trinajstić information content (AvgIpc) is 1.84. The van der Waals surface area contributed by atoms with E-state index in [1.54, 1.807) is 0 Å². The zero-order chi connectivity index (χ0) is 5.33. The summed E-state index contributed by atoms with van der Waals surface area (Å²) in [5.41, 5.74) is 0. The van der Waals surface area contributed by atoms with E-state index in [2.05, 4.69) is 22.6 Å². The molecule has 0 unspecified atom stereocenters. The molecule has 0 aromatic rings. The van der Waals surface area contributed by atoms with Crippen LogP contribution >= 0.6 is 22.6 Å². The number of halogens is 1. The Morgan fingerprint density at radius 2 is 2.00 bits per heavy atom. The third kappa shape index (κ3) is 1.10. The molecule has 0 saturated heterocycles. The maximum Gasteiger partial charge on any atom is 0.0414 e. The van der Waals surface area contributed by atoms with Gasteiger partial charge in [-0.1, -0.05) is 35.4 Å². The van der Waals surface area contributed by atoms with E-state index >= 15 is 0 Å². The molecule has 1 aliphatic rings. The second-order valence-corrected chi connectivity index (χ2v) is 3.25. The second kappa shape index (κ2) is 2.15. The van der Waals surface area contributed by atoms with Gasteiger partial charge in [-0.15, -0.1) is 0 Å². The van der Waals surface area contributed by atoms with Crippen LogP contribution in [0, 0.1) is 0 Å². The van der Waals surface area contributed by atoms with E-state index in [9.17, 15) is 0 Å². The van der Waals surface area contributed by atoms with Crippen LogP contribution < -0.4 is 0 Å². The lowest BCUT2D eigenvalue weighted by atomic mass is 10.4. The van der Waals surface area contributed by atoms with Gasteiger partial charge >= 0.3 is 0 Å². The minimum Gasteiger partial charge on any atom is -0.0826 e. The molecule has 6 heavy (non-hydrogen) atoms. The van der Waals surface area contributed by atoms with Gasteiger partial charge in [0.1, 0.15) is 0 Å². The number of rotatable bonds is 0. The zero-order valence-electron chi connectivity index (χ0n) is 4.71. The van der Waals surface area contributed by atoms with E-state index < -0.39 is 0 Å². The summed E-state index contributed by atoms with van der Waals surface area (Å²) in [7, 11) is 0. The largest absolute Gasteiger partial charge is 0.0826 e. The molecule has 1 fully saturated rings. The molecule has 1 saturated carbocycles. The summed E-state index contributed by atoms with van der Waals surface area (Å²) in [6.07, 6.45) is 4.75. The Bertz CT molecular complexity index is 62.5. The summed E-state index contributed by atoms with van der Waals surface area (Å²) in [5, 5.41) is 0. The van der Waals surface area contributed by atoms with Crippen LogP contribution in [0.3, 0.4) is 0 Å². The summed E-state index contributed by atoms with van der Waals surface area (Å²) in [6, 6.07) is 0. The molecule has 1 rings (SSSR count). The highest BCUT2D eigenvalue weighted by Gasteiger charge is 2.09. The third-order valence-electron chi connectivity index (χ3n) is 1.15. The van der Waals surface area contributed by atoms with Gasteiger partial charge in [0.05, 0.1) is 0 Å². The van der Waals surface area contributed by atoms with Crippen LogP contribution in [0.4, 0.5) is 0 Å². The predicted octanol–water partition coefficient (Wildman–Crippen LogP) is 2.36. The maximum atomic E-state index is 7.47. The van der Waals surface area contributed by atoms with E-state index in [1.165, 1.54) is 12.8 Å². The first-order valence-corrected chi connectivity index (χ1v) is 3.47. The van der Waals surface area contributed by atoms with E-state index in [-0.39, 0.29) is 3.90 Å². The van der Waals surface area contributed by atoms with E-state index in [4.69, 9.17) is 1.37 Å². The van der Waals surface area contributed by atoms with Crippen molar-refractivity contribution in [1.82, 2.24) is 0 Å². The van der Waals surface area contributed by atoms with Gasteiger partial charge in [-0.25, -0.2) is 0 Å². The monoisotopic (exact) mass is 197 g/mol. The summed E-state index contributed by atoms with van der Waals surface area (Å²) in [6.45, 7) is 0. The van der Waals surface area contributed by atoms with E-state index in [0.29, 0.717) is 0 Å². The van der Waals surface area contributed by atoms with Crippen LogP contribution in [-0.2, 0) is 0 Å². The highest BCUT2D eigenvalue weighted by molar-refractivity contribution is 14.1. The van der Waals surface area contributed by atoms with Crippen molar-refractivity contribution in [2.75, 3.05) is 0 Å². The Hall–Kier alpha value is 0.730. The molecule has 36 valence electrons. The first-order chi connectivity index (χ1) is 3.21. The van der Waals surface area contributed by atoms with Gasteiger partial charge in [0.2, 0.25) is 0 Å². The van der Waals surface area contributed by atoms with Crippen LogP contribution in [0.2, 0.25) is 0 Å². The predicted molar refractivity (Wildman–Crippen MR) is 36.3 cm³/mol. The van der Waals surface area contributed by atoms with Crippen LogP contribution in [0.5, 0.6) is 0 Å². The van der Waals surface area contributed by atoms with Gasteiger partial charge in [0.15, 0.2) is 0 Å². The molecule has 0 aromatic carbocycles. The lowest BCUT2D eigenvalue weighted by molar-refractivity contribution is 0.886. The molecule has 0 spiro atoms. The summed E-state index contributed by atoms with van der Waals surface area (Å²) >= 11 is 2.23. The molecule has 0 radical (unpaired) electrons. The molecule has 0 N–H and O–H groups in total. The minimum atomic E-state index is -0.0856. The first kappa shape index (κ1) is 3.70. The van der Waals surface area contributed by atoms with Gasteiger partial charge in [-0.3, -0.25) is 0 Å². The number of hydrogen-bond donors (Lipinski definition) is 0. The van der Waals surface area contributed by atoms with Crippen molar-refractivity contribution in [2.45, 2.75) is 29.6 Å². The molecule has 0 heterocycles. The number of hydrogen-bond acceptors (Lipinski definition) is 0. The van der Waals surface area contributed by atoms with Crippen molar-refractivity contribution in [3.05, 3.63) is 0 Å².